The number of hydrogen-bond donors (Lipinski definition) is 2. The van der Waals surface area contributed by atoms with Crippen molar-refractivity contribution in [3.63, 3.8) is 0 Å². The van der Waals surface area contributed by atoms with Crippen LogP contribution in [0.3, 0.4) is 0 Å². The standard InChI is InChI=1S/C14H12BrClF2N2/c15-10-6-8(4-5-11(10)17)7-13(20-19)9-2-1-3-12(18)14(9)16/h1-6,13,20H,7,19H2. The molecule has 0 radical (unpaired) electrons. The average molecular weight is 362 g/mol. The van der Waals surface area contributed by atoms with Crippen molar-refractivity contribution in [1.82, 2.24) is 5.43 Å². The Morgan fingerprint density at radius 2 is 1.95 bits per heavy atom. The highest BCUT2D eigenvalue weighted by Crippen LogP contribution is 2.28. The van der Waals surface area contributed by atoms with Gasteiger partial charge in [-0.15, -0.1) is 0 Å². The molecule has 0 spiro atoms. The summed E-state index contributed by atoms with van der Waals surface area (Å²) >= 11 is 9.08. The molecule has 0 amide bonds. The van der Waals surface area contributed by atoms with E-state index < -0.39 is 5.82 Å². The van der Waals surface area contributed by atoms with Crippen LogP contribution in [-0.2, 0) is 6.42 Å². The van der Waals surface area contributed by atoms with Crippen molar-refractivity contribution in [3.05, 3.63) is 68.7 Å². The molecule has 2 aromatic carbocycles. The fraction of sp³-hybridized carbons (Fsp3) is 0.143. The second-order valence-electron chi connectivity index (χ2n) is 4.31. The highest BCUT2D eigenvalue weighted by Gasteiger charge is 2.16. The number of benzene rings is 2. The Balaban J connectivity index is 2.28. The summed E-state index contributed by atoms with van der Waals surface area (Å²) in [6, 6.07) is 8.87. The zero-order valence-electron chi connectivity index (χ0n) is 10.3. The molecular weight excluding hydrogens is 350 g/mol. The van der Waals surface area contributed by atoms with Gasteiger partial charge in [0.05, 0.1) is 15.5 Å². The van der Waals surface area contributed by atoms with Gasteiger partial charge < -0.3 is 0 Å². The van der Waals surface area contributed by atoms with E-state index in [0.29, 0.717) is 16.5 Å². The maximum Gasteiger partial charge on any atom is 0.142 e. The molecule has 2 nitrogen and oxygen atoms in total. The first-order valence-corrected chi connectivity index (χ1v) is 7.04. The lowest BCUT2D eigenvalue weighted by atomic mass is 9.99. The maximum absolute atomic E-state index is 13.5. The molecule has 106 valence electrons. The highest BCUT2D eigenvalue weighted by atomic mass is 79.9. The van der Waals surface area contributed by atoms with Gasteiger partial charge in [-0.1, -0.05) is 29.8 Å². The topological polar surface area (TPSA) is 38.0 Å². The van der Waals surface area contributed by atoms with Crippen LogP contribution in [-0.4, -0.2) is 0 Å². The van der Waals surface area contributed by atoms with Gasteiger partial charge in [-0.3, -0.25) is 11.3 Å². The normalized spacial score (nSPS) is 12.4. The van der Waals surface area contributed by atoms with Crippen LogP contribution >= 0.6 is 27.5 Å². The Morgan fingerprint density at radius 1 is 1.20 bits per heavy atom. The lowest BCUT2D eigenvalue weighted by Gasteiger charge is -2.18. The Hall–Kier alpha value is -1.01. The van der Waals surface area contributed by atoms with Crippen molar-refractivity contribution in [1.29, 1.82) is 0 Å². The molecule has 0 aliphatic rings. The summed E-state index contributed by atoms with van der Waals surface area (Å²) in [5, 5.41) is 0.0385. The molecule has 2 aromatic rings. The second-order valence-corrected chi connectivity index (χ2v) is 5.55. The third kappa shape index (κ3) is 3.35. The minimum Gasteiger partial charge on any atom is -0.271 e. The number of nitrogens with one attached hydrogen (secondary N) is 1. The molecule has 0 bridgehead atoms. The van der Waals surface area contributed by atoms with Crippen LogP contribution in [0.4, 0.5) is 8.78 Å². The quantitative estimate of drug-likeness (QED) is 0.635. The number of rotatable bonds is 4. The number of nitrogens with two attached hydrogens (primary N) is 1. The zero-order valence-corrected chi connectivity index (χ0v) is 12.7. The van der Waals surface area contributed by atoms with Crippen molar-refractivity contribution in [2.75, 3.05) is 0 Å². The van der Waals surface area contributed by atoms with E-state index in [0.717, 1.165) is 5.56 Å². The van der Waals surface area contributed by atoms with Crippen LogP contribution < -0.4 is 11.3 Å². The van der Waals surface area contributed by atoms with Crippen LogP contribution in [0, 0.1) is 11.6 Å². The SMILES string of the molecule is NNC(Cc1ccc(F)c(Br)c1)c1cccc(F)c1Cl. The minimum absolute atomic E-state index is 0.0385. The third-order valence-corrected chi connectivity index (χ3v) is 3.99. The molecule has 0 saturated carbocycles. The first kappa shape index (κ1) is 15.4. The van der Waals surface area contributed by atoms with E-state index in [9.17, 15) is 8.78 Å². The van der Waals surface area contributed by atoms with E-state index in [2.05, 4.69) is 21.4 Å². The number of hydrogen-bond acceptors (Lipinski definition) is 2. The van der Waals surface area contributed by atoms with Gasteiger partial charge in [0.2, 0.25) is 0 Å². The Labute approximate surface area is 129 Å². The Bertz CT molecular complexity index is 622. The lowest BCUT2D eigenvalue weighted by molar-refractivity contribution is 0.543. The smallest absolute Gasteiger partial charge is 0.142 e. The summed E-state index contributed by atoms with van der Waals surface area (Å²) in [6.07, 6.45) is 0.457. The second kappa shape index (κ2) is 6.63. The molecule has 2 rings (SSSR count). The number of halogens is 4. The summed E-state index contributed by atoms with van der Waals surface area (Å²) in [5.41, 5.74) is 4.02. The monoisotopic (exact) mass is 360 g/mol. The minimum atomic E-state index is -0.496. The van der Waals surface area contributed by atoms with E-state index in [-0.39, 0.29) is 16.9 Å². The summed E-state index contributed by atoms with van der Waals surface area (Å²) in [6.45, 7) is 0. The molecule has 0 aromatic heterocycles. The fourth-order valence-corrected chi connectivity index (χ4v) is 2.63. The van der Waals surface area contributed by atoms with Gasteiger partial charge in [-0.05, 0) is 51.7 Å². The molecular formula is C14H12BrClF2N2. The van der Waals surface area contributed by atoms with E-state index in [1.165, 1.54) is 12.1 Å². The van der Waals surface area contributed by atoms with E-state index >= 15 is 0 Å². The largest absolute Gasteiger partial charge is 0.271 e. The fourth-order valence-electron chi connectivity index (χ4n) is 1.95. The predicted octanol–water partition coefficient (Wildman–Crippen LogP) is 4.13. The van der Waals surface area contributed by atoms with Gasteiger partial charge in [-0.2, -0.15) is 0 Å². The van der Waals surface area contributed by atoms with Crippen molar-refractivity contribution >= 4 is 27.5 Å². The van der Waals surface area contributed by atoms with Crippen LogP contribution in [0.5, 0.6) is 0 Å². The van der Waals surface area contributed by atoms with Gasteiger partial charge in [0.1, 0.15) is 11.6 Å². The predicted molar refractivity (Wildman–Crippen MR) is 79.3 cm³/mol. The summed E-state index contributed by atoms with van der Waals surface area (Å²) in [7, 11) is 0. The Morgan fingerprint density at radius 3 is 2.60 bits per heavy atom. The van der Waals surface area contributed by atoms with Crippen molar-refractivity contribution in [3.8, 4) is 0 Å². The molecule has 3 N–H and O–H groups in total. The van der Waals surface area contributed by atoms with Crippen molar-refractivity contribution in [2.45, 2.75) is 12.5 Å². The van der Waals surface area contributed by atoms with E-state index in [1.807, 2.05) is 0 Å². The van der Waals surface area contributed by atoms with Crippen molar-refractivity contribution in [2.24, 2.45) is 5.84 Å². The molecule has 0 aliphatic heterocycles. The molecule has 20 heavy (non-hydrogen) atoms. The van der Waals surface area contributed by atoms with Crippen LogP contribution in [0.15, 0.2) is 40.9 Å². The van der Waals surface area contributed by atoms with Gasteiger partial charge in [-0.25, -0.2) is 8.78 Å². The van der Waals surface area contributed by atoms with Gasteiger partial charge in [0.25, 0.3) is 0 Å². The average Bonchev–Trinajstić information content (AvgIpc) is 2.43. The molecule has 0 fully saturated rings. The van der Waals surface area contributed by atoms with Crippen LogP contribution in [0.2, 0.25) is 5.02 Å². The highest BCUT2D eigenvalue weighted by molar-refractivity contribution is 9.10. The Kier molecular flexibility index (Phi) is 5.10. The summed E-state index contributed by atoms with van der Waals surface area (Å²) in [4.78, 5) is 0. The third-order valence-electron chi connectivity index (χ3n) is 2.98. The van der Waals surface area contributed by atoms with E-state index in [1.54, 1.807) is 24.3 Å². The van der Waals surface area contributed by atoms with Crippen LogP contribution in [0.25, 0.3) is 0 Å². The van der Waals surface area contributed by atoms with E-state index in [4.69, 9.17) is 17.4 Å². The van der Waals surface area contributed by atoms with Crippen LogP contribution in [0.1, 0.15) is 17.2 Å². The molecule has 0 heterocycles. The maximum atomic E-state index is 13.5. The zero-order chi connectivity index (χ0) is 14.7. The number of hydrazine groups is 1. The summed E-state index contributed by atoms with van der Waals surface area (Å²) in [5.74, 6) is 4.69. The van der Waals surface area contributed by atoms with Gasteiger partial charge in [0.15, 0.2) is 0 Å². The molecule has 0 aliphatic carbocycles. The molecule has 0 saturated heterocycles. The lowest BCUT2D eigenvalue weighted by Crippen LogP contribution is -2.30. The van der Waals surface area contributed by atoms with Crippen molar-refractivity contribution < 1.29 is 8.78 Å². The molecule has 1 unspecified atom stereocenters. The molecule has 6 heteroatoms. The molecule has 1 atom stereocenters. The first-order valence-electron chi connectivity index (χ1n) is 5.87. The first-order chi connectivity index (χ1) is 9.52. The van der Waals surface area contributed by atoms with Gasteiger partial charge in [0, 0.05) is 0 Å². The van der Waals surface area contributed by atoms with Gasteiger partial charge >= 0.3 is 0 Å². The summed E-state index contributed by atoms with van der Waals surface area (Å²) < 4.78 is 27.0.